The minimum Gasteiger partial charge on any atom is -0.393 e. The Morgan fingerprint density at radius 1 is 1.58 bits per heavy atom. The maximum absolute atomic E-state index is 11.9. The van der Waals surface area contributed by atoms with Crippen molar-refractivity contribution in [1.82, 2.24) is 10.3 Å². The Labute approximate surface area is 117 Å². The van der Waals surface area contributed by atoms with E-state index in [0.717, 1.165) is 36.4 Å². The van der Waals surface area contributed by atoms with Crippen LogP contribution in [-0.2, 0) is 11.2 Å². The number of amides is 1. The van der Waals surface area contributed by atoms with Gasteiger partial charge in [-0.25, -0.2) is 4.98 Å². The molecule has 0 bridgehead atoms. The number of nitrogens with zero attached hydrogens (tertiary/aromatic N) is 1. The van der Waals surface area contributed by atoms with E-state index in [1.807, 2.05) is 12.3 Å². The molecule has 1 aromatic rings. The van der Waals surface area contributed by atoms with Crippen LogP contribution in [0.4, 0.5) is 0 Å². The maximum Gasteiger partial charge on any atom is 0.226 e. The summed E-state index contributed by atoms with van der Waals surface area (Å²) in [6.45, 7) is 1.88. The van der Waals surface area contributed by atoms with Crippen LogP contribution >= 0.6 is 11.3 Å². The lowest BCUT2D eigenvalue weighted by atomic mass is 9.93. The highest BCUT2D eigenvalue weighted by atomic mass is 32.1. The second-order valence-corrected chi connectivity index (χ2v) is 6.11. The Morgan fingerprint density at radius 2 is 2.26 bits per heavy atom. The van der Waals surface area contributed by atoms with Gasteiger partial charge in [-0.15, -0.1) is 11.3 Å². The molecule has 0 saturated heterocycles. The molecule has 5 nitrogen and oxygen atoms in total. The van der Waals surface area contributed by atoms with Gasteiger partial charge in [0, 0.05) is 11.4 Å². The Hall–Kier alpha value is -0.980. The first kappa shape index (κ1) is 14.4. The number of hydrogen-bond acceptors (Lipinski definition) is 5. The molecule has 1 aliphatic carbocycles. The number of hydrogen-bond donors (Lipinski definition) is 3. The van der Waals surface area contributed by atoms with Crippen molar-refractivity contribution in [3.8, 4) is 0 Å². The maximum atomic E-state index is 11.9. The van der Waals surface area contributed by atoms with Gasteiger partial charge in [0.1, 0.15) is 5.01 Å². The van der Waals surface area contributed by atoms with Crippen LogP contribution in [0.2, 0.25) is 0 Å². The van der Waals surface area contributed by atoms with E-state index in [9.17, 15) is 9.90 Å². The molecule has 0 aromatic carbocycles. The highest BCUT2D eigenvalue weighted by Gasteiger charge is 2.21. The van der Waals surface area contributed by atoms with E-state index in [4.69, 9.17) is 5.73 Å². The van der Waals surface area contributed by atoms with Crippen LogP contribution in [-0.4, -0.2) is 28.1 Å². The molecular formula is C13H21N3O2S. The molecular weight excluding hydrogens is 262 g/mol. The number of nitrogens with two attached hydrogens (primary N) is 1. The third-order valence-corrected chi connectivity index (χ3v) is 4.46. The molecule has 0 aliphatic heterocycles. The monoisotopic (exact) mass is 283 g/mol. The van der Waals surface area contributed by atoms with E-state index in [1.165, 1.54) is 11.3 Å². The fourth-order valence-corrected chi connectivity index (χ4v) is 3.05. The van der Waals surface area contributed by atoms with Gasteiger partial charge in [-0.3, -0.25) is 4.79 Å². The van der Waals surface area contributed by atoms with Crippen molar-refractivity contribution in [3.63, 3.8) is 0 Å². The molecule has 106 valence electrons. The van der Waals surface area contributed by atoms with Gasteiger partial charge in [0.25, 0.3) is 0 Å². The summed E-state index contributed by atoms with van der Waals surface area (Å²) in [7, 11) is 0. The highest BCUT2D eigenvalue weighted by Crippen LogP contribution is 2.19. The van der Waals surface area contributed by atoms with Crippen molar-refractivity contribution in [2.45, 2.75) is 57.2 Å². The number of aromatic nitrogens is 1. The lowest BCUT2D eigenvalue weighted by Crippen LogP contribution is -2.39. The van der Waals surface area contributed by atoms with E-state index in [1.54, 1.807) is 0 Å². The Balaban J connectivity index is 1.80. The van der Waals surface area contributed by atoms with E-state index in [0.29, 0.717) is 6.42 Å². The third-order valence-electron chi connectivity index (χ3n) is 3.36. The van der Waals surface area contributed by atoms with Crippen molar-refractivity contribution < 1.29 is 9.90 Å². The van der Waals surface area contributed by atoms with Gasteiger partial charge in [-0.05, 0) is 32.6 Å². The molecule has 1 saturated carbocycles. The average Bonchev–Trinajstić information content (AvgIpc) is 2.80. The number of thiazole rings is 1. The first-order valence-corrected chi connectivity index (χ1v) is 7.60. The Morgan fingerprint density at radius 3 is 2.84 bits per heavy atom. The van der Waals surface area contributed by atoms with Crippen molar-refractivity contribution in [2.75, 3.05) is 0 Å². The van der Waals surface area contributed by atoms with Crippen LogP contribution in [0.25, 0.3) is 0 Å². The SMILES string of the molecule is CC(N)c1nc(CC(=O)NC2CCC(O)CC2)cs1. The summed E-state index contributed by atoms with van der Waals surface area (Å²) in [4.78, 5) is 16.2. The predicted molar refractivity (Wildman–Crippen MR) is 74.8 cm³/mol. The topological polar surface area (TPSA) is 88.2 Å². The van der Waals surface area contributed by atoms with Crippen LogP contribution < -0.4 is 11.1 Å². The summed E-state index contributed by atoms with van der Waals surface area (Å²) in [5.74, 6) is 0.00270. The highest BCUT2D eigenvalue weighted by molar-refractivity contribution is 7.09. The number of carbonyl (C=O) groups excluding carboxylic acids is 1. The Kier molecular flexibility index (Phi) is 4.90. The summed E-state index contributed by atoms with van der Waals surface area (Å²) in [5.41, 5.74) is 6.53. The second kappa shape index (κ2) is 6.45. The number of nitrogens with one attached hydrogen (secondary N) is 1. The fourth-order valence-electron chi connectivity index (χ4n) is 2.28. The minimum absolute atomic E-state index is 0.00270. The molecule has 2 rings (SSSR count). The zero-order chi connectivity index (χ0) is 13.8. The number of carbonyl (C=O) groups is 1. The summed E-state index contributed by atoms with van der Waals surface area (Å²) in [6, 6.07) is 0.115. The number of rotatable bonds is 4. The second-order valence-electron chi connectivity index (χ2n) is 5.22. The third kappa shape index (κ3) is 4.26. The van der Waals surface area contributed by atoms with Gasteiger partial charge in [-0.2, -0.15) is 0 Å². The first-order valence-electron chi connectivity index (χ1n) is 6.72. The lowest BCUT2D eigenvalue weighted by molar-refractivity contribution is -0.121. The van der Waals surface area contributed by atoms with E-state index < -0.39 is 0 Å². The quantitative estimate of drug-likeness (QED) is 0.773. The van der Waals surface area contributed by atoms with Crippen LogP contribution in [0.15, 0.2) is 5.38 Å². The molecule has 0 radical (unpaired) electrons. The van der Waals surface area contributed by atoms with Crippen molar-refractivity contribution in [1.29, 1.82) is 0 Å². The molecule has 4 N–H and O–H groups in total. The summed E-state index contributed by atoms with van der Waals surface area (Å²) in [6.07, 6.45) is 3.37. The van der Waals surface area contributed by atoms with Crippen molar-refractivity contribution >= 4 is 17.2 Å². The van der Waals surface area contributed by atoms with E-state index in [-0.39, 0.29) is 24.1 Å². The van der Waals surface area contributed by atoms with Crippen LogP contribution in [0, 0.1) is 0 Å². The van der Waals surface area contributed by atoms with Gasteiger partial charge >= 0.3 is 0 Å². The normalized spacial score (nSPS) is 25.0. The minimum atomic E-state index is -0.194. The smallest absolute Gasteiger partial charge is 0.226 e. The van der Waals surface area contributed by atoms with E-state index >= 15 is 0 Å². The summed E-state index contributed by atoms with van der Waals surface area (Å²) >= 11 is 1.50. The summed E-state index contributed by atoms with van der Waals surface area (Å²) in [5, 5.41) is 15.2. The molecule has 1 fully saturated rings. The van der Waals surface area contributed by atoms with Gasteiger partial charge in [0.15, 0.2) is 0 Å². The molecule has 19 heavy (non-hydrogen) atoms. The number of aliphatic hydroxyl groups is 1. The Bertz CT molecular complexity index is 425. The molecule has 1 aromatic heterocycles. The van der Waals surface area contributed by atoms with Crippen LogP contribution in [0.3, 0.4) is 0 Å². The van der Waals surface area contributed by atoms with Crippen molar-refractivity contribution in [3.05, 3.63) is 16.1 Å². The van der Waals surface area contributed by atoms with Gasteiger partial charge in [-0.1, -0.05) is 0 Å². The lowest BCUT2D eigenvalue weighted by Gasteiger charge is -2.26. The average molecular weight is 283 g/mol. The first-order chi connectivity index (χ1) is 9.04. The zero-order valence-electron chi connectivity index (χ0n) is 11.1. The standard InChI is InChI=1S/C13H21N3O2S/c1-8(14)13-16-10(7-19-13)6-12(18)15-9-2-4-11(17)5-3-9/h7-9,11,17H,2-6,14H2,1H3,(H,15,18). The van der Waals surface area contributed by atoms with Crippen LogP contribution in [0.1, 0.15) is 49.4 Å². The molecule has 1 amide bonds. The molecule has 1 heterocycles. The van der Waals surface area contributed by atoms with Crippen LogP contribution in [0.5, 0.6) is 0 Å². The molecule has 0 spiro atoms. The molecule has 6 heteroatoms. The number of aliphatic hydroxyl groups excluding tert-OH is 1. The fraction of sp³-hybridized carbons (Fsp3) is 0.692. The summed E-state index contributed by atoms with van der Waals surface area (Å²) < 4.78 is 0. The van der Waals surface area contributed by atoms with Gasteiger partial charge < -0.3 is 16.2 Å². The van der Waals surface area contributed by atoms with Crippen molar-refractivity contribution in [2.24, 2.45) is 5.73 Å². The molecule has 1 atom stereocenters. The van der Waals surface area contributed by atoms with E-state index in [2.05, 4.69) is 10.3 Å². The van der Waals surface area contributed by atoms with Gasteiger partial charge in [0.05, 0.1) is 24.3 Å². The molecule has 1 aliphatic rings. The molecule has 1 unspecified atom stereocenters. The zero-order valence-corrected chi connectivity index (χ0v) is 11.9. The predicted octanol–water partition coefficient (Wildman–Crippen LogP) is 1.12. The van der Waals surface area contributed by atoms with Gasteiger partial charge in [0.2, 0.25) is 5.91 Å². The largest absolute Gasteiger partial charge is 0.393 e.